The molecule has 114 valence electrons. The molecule has 2 N–H and O–H groups in total. The average Bonchev–Trinajstić information content (AvgIpc) is 2.32. The predicted molar refractivity (Wildman–Crippen MR) is 66.0 cm³/mol. The molecule has 0 aliphatic rings. The van der Waals surface area contributed by atoms with Crippen molar-refractivity contribution in [2.45, 2.75) is 25.6 Å². The molecule has 0 aromatic heterocycles. The number of benzene rings is 1. The maximum Gasteiger partial charge on any atom is 0.411 e. The number of hydrogen-bond donors (Lipinski definition) is 1. The summed E-state index contributed by atoms with van der Waals surface area (Å²) in [6.07, 6.45) is -4.04. The SMILES string of the molecule is C[C@@H](N)c1ccc(OCCCOCC(F)(F)F)cc1F. The molecule has 1 aromatic carbocycles. The first-order valence-electron chi connectivity index (χ1n) is 6.12. The maximum atomic E-state index is 13.6. The summed E-state index contributed by atoms with van der Waals surface area (Å²) < 4.78 is 58.5. The van der Waals surface area contributed by atoms with Gasteiger partial charge >= 0.3 is 6.18 Å². The molecule has 1 aromatic rings. The molecule has 3 nitrogen and oxygen atoms in total. The first-order chi connectivity index (χ1) is 9.29. The van der Waals surface area contributed by atoms with Crippen LogP contribution in [0.4, 0.5) is 17.6 Å². The van der Waals surface area contributed by atoms with E-state index in [2.05, 4.69) is 4.74 Å². The van der Waals surface area contributed by atoms with Gasteiger partial charge in [0.2, 0.25) is 0 Å². The third-order valence-electron chi connectivity index (χ3n) is 2.43. The van der Waals surface area contributed by atoms with E-state index in [1.54, 1.807) is 13.0 Å². The van der Waals surface area contributed by atoms with Gasteiger partial charge in [0, 0.05) is 24.1 Å². The summed E-state index contributed by atoms with van der Waals surface area (Å²) >= 11 is 0. The second-order valence-electron chi connectivity index (χ2n) is 4.34. The zero-order valence-electron chi connectivity index (χ0n) is 11.0. The number of hydrogen-bond acceptors (Lipinski definition) is 3. The van der Waals surface area contributed by atoms with Gasteiger partial charge in [0.25, 0.3) is 0 Å². The van der Waals surface area contributed by atoms with Crippen molar-refractivity contribution in [1.82, 2.24) is 0 Å². The van der Waals surface area contributed by atoms with Crippen LogP contribution < -0.4 is 10.5 Å². The zero-order valence-corrected chi connectivity index (χ0v) is 11.0. The Morgan fingerprint density at radius 2 is 1.95 bits per heavy atom. The second-order valence-corrected chi connectivity index (χ2v) is 4.34. The topological polar surface area (TPSA) is 44.5 Å². The fourth-order valence-electron chi connectivity index (χ4n) is 1.51. The highest BCUT2D eigenvalue weighted by molar-refractivity contribution is 5.30. The normalized spacial score (nSPS) is 13.3. The Bertz CT molecular complexity index is 421. The lowest BCUT2D eigenvalue weighted by molar-refractivity contribution is -0.174. The molecule has 0 aliphatic heterocycles. The van der Waals surface area contributed by atoms with Gasteiger partial charge in [-0.05, 0) is 13.0 Å². The van der Waals surface area contributed by atoms with Crippen molar-refractivity contribution in [3.8, 4) is 5.75 Å². The molecule has 0 radical (unpaired) electrons. The minimum atomic E-state index is -4.32. The monoisotopic (exact) mass is 295 g/mol. The molecule has 0 heterocycles. The fraction of sp³-hybridized carbons (Fsp3) is 0.538. The molecular formula is C13H17F4NO2. The highest BCUT2D eigenvalue weighted by Crippen LogP contribution is 2.20. The van der Waals surface area contributed by atoms with Crippen LogP contribution in [0.15, 0.2) is 18.2 Å². The van der Waals surface area contributed by atoms with Crippen LogP contribution in [0.2, 0.25) is 0 Å². The quantitative estimate of drug-likeness (QED) is 0.620. The van der Waals surface area contributed by atoms with Crippen molar-refractivity contribution in [1.29, 1.82) is 0 Å². The van der Waals surface area contributed by atoms with E-state index in [4.69, 9.17) is 10.5 Å². The van der Waals surface area contributed by atoms with Crippen LogP contribution in [0, 0.1) is 5.82 Å². The van der Waals surface area contributed by atoms with E-state index in [1.165, 1.54) is 12.1 Å². The molecular weight excluding hydrogens is 278 g/mol. The van der Waals surface area contributed by atoms with Gasteiger partial charge in [-0.1, -0.05) is 6.07 Å². The third-order valence-corrected chi connectivity index (χ3v) is 2.43. The largest absolute Gasteiger partial charge is 0.493 e. The van der Waals surface area contributed by atoms with Gasteiger partial charge in [0.1, 0.15) is 18.2 Å². The minimum Gasteiger partial charge on any atom is -0.493 e. The van der Waals surface area contributed by atoms with Crippen LogP contribution in [0.5, 0.6) is 5.75 Å². The molecule has 7 heteroatoms. The number of alkyl halides is 3. The Kier molecular flexibility index (Phi) is 6.22. The van der Waals surface area contributed by atoms with Gasteiger partial charge in [-0.2, -0.15) is 13.2 Å². The predicted octanol–water partition coefficient (Wildman–Crippen LogP) is 3.19. The smallest absolute Gasteiger partial charge is 0.411 e. The van der Waals surface area contributed by atoms with E-state index in [9.17, 15) is 17.6 Å². The summed E-state index contributed by atoms with van der Waals surface area (Å²) in [5.74, 6) is -0.159. The Balaban J connectivity index is 2.27. The minimum absolute atomic E-state index is 0.0695. The summed E-state index contributed by atoms with van der Waals surface area (Å²) in [5, 5.41) is 0. The number of nitrogens with two attached hydrogens (primary N) is 1. The van der Waals surface area contributed by atoms with Crippen LogP contribution >= 0.6 is 0 Å². The van der Waals surface area contributed by atoms with Gasteiger partial charge in [0.15, 0.2) is 0 Å². The van der Waals surface area contributed by atoms with E-state index in [-0.39, 0.29) is 19.6 Å². The standard InChI is InChI=1S/C13H17F4NO2/c1-9(18)11-4-3-10(7-12(11)14)20-6-2-5-19-8-13(15,16)17/h3-4,7,9H,2,5-6,8,18H2,1H3/t9-/m1/s1. The van der Waals surface area contributed by atoms with Gasteiger partial charge in [-0.3, -0.25) is 0 Å². The van der Waals surface area contributed by atoms with Gasteiger partial charge in [-0.15, -0.1) is 0 Å². The van der Waals surface area contributed by atoms with E-state index in [0.717, 1.165) is 0 Å². The lowest BCUT2D eigenvalue weighted by Crippen LogP contribution is -2.18. The molecule has 0 bridgehead atoms. The van der Waals surface area contributed by atoms with E-state index < -0.39 is 24.6 Å². The summed E-state index contributed by atoms with van der Waals surface area (Å²) in [4.78, 5) is 0. The fourth-order valence-corrected chi connectivity index (χ4v) is 1.51. The Morgan fingerprint density at radius 3 is 2.50 bits per heavy atom. The molecule has 1 atom stereocenters. The molecule has 0 spiro atoms. The lowest BCUT2D eigenvalue weighted by atomic mass is 10.1. The molecule has 0 amide bonds. The average molecular weight is 295 g/mol. The maximum absolute atomic E-state index is 13.6. The highest BCUT2D eigenvalue weighted by atomic mass is 19.4. The summed E-state index contributed by atoms with van der Waals surface area (Å²) in [6, 6.07) is 3.88. The van der Waals surface area contributed by atoms with Crippen molar-refractivity contribution in [3.05, 3.63) is 29.6 Å². The van der Waals surface area contributed by atoms with Gasteiger partial charge < -0.3 is 15.2 Å². The summed E-state index contributed by atoms with van der Waals surface area (Å²) in [7, 11) is 0. The summed E-state index contributed by atoms with van der Waals surface area (Å²) in [6.45, 7) is 0.469. The Hall–Kier alpha value is -1.34. The highest BCUT2D eigenvalue weighted by Gasteiger charge is 2.27. The Morgan fingerprint density at radius 1 is 1.25 bits per heavy atom. The molecule has 20 heavy (non-hydrogen) atoms. The van der Waals surface area contributed by atoms with Gasteiger partial charge in [0.05, 0.1) is 13.2 Å². The first-order valence-corrected chi connectivity index (χ1v) is 6.12. The number of rotatable bonds is 7. The molecule has 1 rings (SSSR count). The number of ether oxygens (including phenoxy) is 2. The van der Waals surface area contributed by atoms with Crippen molar-refractivity contribution >= 4 is 0 Å². The Labute approximate surface area is 114 Å². The first kappa shape index (κ1) is 16.7. The molecule has 0 unspecified atom stereocenters. The second kappa shape index (κ2) is 7.44. The lowest BCUT2D eigenvalue weighted by Gasteiger charge is -2.11. The molecule has 0 aliphatic carbocycles. The van der Waals surface area contributed by atoms with E-state index in [0.29, 0.717) is 11.3 Å². The van der Waals surface area contributed by atoms with Crippen LogP contribution in [0.25, 0.3) is 0 Å². The van der Waals surface area contributed by atoms with E-state index >= 15 is 0 Å². The van der Waals surface area contributed by atoms with Crippen molar-refractivity contribution in [2.75, 3.05) is 19.8 Å². The molecule has 0 fully saturated rings. The van der Waals surface area contributed by atoms with Crippen molar-refractivity contribution < 1.29 is 27.0 Å². The van der Waals surface area contributed by atoms with Gasteiger partial charge in [-0.25, -0.2) is 4.39 Å². The zero-order chi connectivity index (χ0) is 15.2. The van der Waals surface area contributed by atoms with Crippen LogP contribution in [-0.2, 0) is 4.74 Å². The van der Waals surface area contributed by atoms with Crippen LogP contribution in [0.1, 0.15) is 24.9 Å². The van der Waals surface area contributed by atoms with E-state index in [1.807, 2.05) is 0 Å². The molecule has 0 saturated carbocycles. The number of halogens is 4. The van der Waals surface area contributed by atoms with Crippen molar-refractivity contribution in [3.63, 3.8) is 0 Å². The molecule has 0 saturated heterocycles. The van der Waals surface area contributed by atoms with Crippen molar-refractivity contribution in [2.24, 2.45) is 5.73 Å². The van der Waals surface area contributed by atoms with Crippen LogP contribution in [-0.4, -0.2) is 26.0 Å². The summed E-state index contributed by atoms with van der Waals surface area (Å²) in [5.41, 5.74) is 5.95. The van der Waals surface area contributed by atoms with Crippen LogP contribution in [0.3, 0.4) is 0 Å². The third kappa shape index (κ3) is 6.21.